The summed E-state index contributed by atoms with van der Waals surface area (Å²) in [5, 5.41) is 9.54. The van der Waals surface area contributed by atoms with Crippen molar-refractivity contribution in [3.8, 4) is 0 Å². The van der Waals surface area contributed by atoms with Gasteiger partial charge in [0.2, 0.25) is 0 Å². The van der Waals surface area contributed by atoms with E-state index in [2.05, 4.69) is 39.5 Å². The second-order valence-corrected chi connectivity index (χ2v) is 6.62. The molecular weight excluding hydrogens is 198 g/mol. The molecule has 2 heteroatoms. The predicted octanol–water partition coefficient (Wildman–Crippen LogP) is 2.76. The minimum atomic E-state index is 0.142. The van der Waals surface area contributed by atoms with Crippen molar-refractivity contribution in [3.05, 3.63) is 0 Å². The smallest absolute Gasteiger partial charge is 0.0499 e. The molecule has 0 aliphatic carbocycles. The van der Waals surface area contributed by atoms with Crippen LogP contribution in [0.1, 0.15) is 47.5 Å². The average Bonchev–Trinajstić information content (AvgIpc) is 2.16. The number of aliphatic hydroxyl groups excluding tert-OH is 1. The van der Waals surface area contributed by atoms with E-state index in [0.29, 0.717) is 12.0 Å². The van der Waals surface area contributed by atoms with Gasteiger partial charge in [-0.15, -0.1) is 0 Å². The zero-order valence-electron chi connectivity index (χ0n) is 11.7. The van der Waals surface area contributed by atoms with Crippen molar-refractivity contribution >= 4 is 0 Å². The molecule has 0 unspecified atom stereocenters. The van der Waals surface area contributed by atoms with Gasteiger partial charge in [0.1, 0.15) is 0 Å². The normalized spacial score (nSPS) is 19.9. The van der Waals surface area contributed by atoms with E-state index >= 15 is 0 Å². The summed E-state index contributed by atoms with van der Waals surface area (Å²) in [5.74, 6) is 0.831. The Kier molecular flexibility index (Phi) is 4.42. The molecule has 0 bridgehead atoms. The van der Waals surface area contributed by atoms with Crippen LogP contribution < -0.4 is 0 Å². The number of hydrogen-bond acceptors (Lipinski definition) is 2. The average molecular weight is 227 g/mol. The number of hydrogen-bond donors (Lipinski definition) is 1. The molecule has 1 aliphatic rings. The Bertz CT molecular complexity index is 201. The van der Waals surface area contributed by atoms with Gasteiger partial charge in [-0.3, -0.25) is 0 Å². The van der Waals surface area contributed by atoms with Crippen LogP contribution in [-0.2, 0) is 0 Å². The van der Waals surface area contributed by atoms with Crippen molar-refractivity contribution in [2.45, 2.75) is 47.5 Å². The van der Waals surface area contributed by atoms with E-state index in [4.69, 9.17) is 0 Å². The van der Waals surface area contributed by atoms with Crippen LogP contribution in [0, 0.1) is 16.7 Å². The van der Waals surface area contributed by atoms with Gasteiger partial charge in [-0.05, 0) is 24.2 Å². The first kappa shape index (κ1) is 14.0. The highest BCUT2D eigenvalue weighted by Gasteiger charge is 2.39. The molecule has 0 atom stereocenters. The van der Waals surface area contributed by atoms with Gasteiger partial charge in [-0.2, -0.15) is 0 Å². The molecule has 1 heterocycles. The zero-order chi connectivity index (χ0) is 12.4. The second kappa shape index (κ2) is 5.05. The molecule has 1 aliphatic heterocycles. The van der Waals surface area contributed by atoms with Crippen molar-refractivity contribution < 1.29 is 5.11 Å². The zero-order valence-corrected chi connectivity index (χ0v) is 11.7. The lowest BCUT2D eigenvalue weighted by molar-refractivity contribution is -0.0243. The van der Waals surface area contributed by atoms with Gasteiger partial charge in [0.15, 0.2) is 0 Å². The Morgan fingerprint density at radius 1 is 1.12 bits per heavy atom. The summed E-state index contributed by atoms with van der Waals surface area (Å²) in [5.41, 5.74) is 0.583. The summed E-state index contributed by atoms with van der Waals surface area (Å²) in [7, 11) is 0. The Morgan fingerprint density at radius 2 is 1.62 bits per heavy atom. The van der Waals surface area contributed by atoms with Gasteiger partial charge in [0, 0.05) is 31.7 Å². The summed E-state index contributed by atoms with van der Waals surface area (Å²) in [6.45, 7) is 15.2. The maximum atomic E-state index is 9.54. The predicted molar refractivity (Wildman–Crippen MR) is 69.5 cm³/mol. The van der Waals surface area contributed by atoms with Gasteiger partial charge in [-0.25, -0.2) is 0 Å². The quantitative estimate of drug-likeness (QED) is 0.780. The highest BCUT2D eigenvalue weighted by molar-refractivity contribution is 4.91. The van der Waals surface area contributed by atoms with Gasteiger partial charge < -0.3 is 10.0 Å². The molecule has 0 radical (unpaired) electrons. The van der Waals surface area contributed by atoms with Crippen LogP contribution in [0.25, 0.3) is 0 Å². The first-order valence-electron chi connectivity index (χ1n) is 6.70. The fraction of sp³-hybridized carbons (Fsp3) is 1.00. The minimum Gasteiger partial charge on any atom is -0.396 e. The lowest BCUT2D eigenvalue weighted by atomic mass is 9.74. The van der Waals surface area contributed by atoms with Gasteiger partial charge in [0.25, 0.3) is 0 Å². The van der Waals surface area contributed by atoms with Crippen molar-refractivity contribution in [3.63, 3.8) is 0 Å². The highest BCUT2D eigenvalue weighted by atomic mass is 16.3. The Hall–Kier alpha value is -0.0800. The van der Waals surface area contributed by atoms with Gasteiger partial charge in [0.05, 0.1) is 0 Å². The van der Waals surface area contributed by atoms with Crippen LogP contribution in [-0.4, -0.2) is 36.2 Å². The molecule has 1 fully saturated rings. The van der Waals surface area contributed by atoms with E-state index in [1.165, 1.54) is 13.1 Å². The molecule has 1 rings (SSSR count). The summed E-state index contributed by atoms with van der Waals surface area (Å²) in [4.78, 5) is 2.51. The minimum absolute atomic E-state index is 0.142. The molecule has 0 saturated carbocycles. The lowest BCUT2D eigenvalue weighted by Crippen LogP contribution is -2.55. The lowest BCUT2D eigenvalue weighted by Gasteiger charge is -2.49. The van der Waals surface area contributed by atoms with Crippen LogP contribution in [0.2, 0.25) is 0 Å². The fourth-order valence-electron chi connectivity index (χ4n) is 2.47. The summed E-state index contributed by atoms with van der Waals surface area (Å²) in [6, 6.07) is 0. The molecule has 0 aromatic carbocycles. The first-order valence-corrected chi connectivity index (χ1v) is 6.70. The molecule has 0 aromatic heterocycles. The van der Waals surface area contributed by atoms with Gasteiger partial charge >= 0.3 is 0 Å². The van der Waals surface area contributed by atoms with Crippen LogP contribution in [0.3, 0.4) is 0 Å². The van der Waals surface area contributed by atoms with Crippen molar-refractivity contribution in [2.75, 3.05) is 26.2 Å². The molecule has 0 aromatic rings. The number of aliphatic hydroxyl groups is 1. The third kappa shape index (κ3) is 2.98. The Balaban J connectivity index is 2.41. The molecule has 0 spiro atoms. The molecule has 16 heavy (non-hydrogen) atoms. The van der Waals surface area contributed by atoms with E-state index in [9.17, 15) is 5.11 Å². The summed E-state index contributed by atoms with van der Waals surface area (Å²) >= 11 is 0. The topological polar surface area (TPSA) is 23.5 Å². The van der Waals surface area contributed by atoms with Gasteiger partial charge in [-0.1, -0.05) is 34.6 Å². The molecule has 1 N–H and O–H groups in total. The van der Waals surface area contributed by atoms with Crippen molar-refractivity contribution in [1.29, 1.82) is 0 Å². The van der Waals surface area contributed by atoms with E-state index in [1.807, 2.05) is 0 Å². The molecule has 1 saturated heterocycles. The fourth-order valence-corrected chi connectivity index (χ4v) is 2.47. The number of nitrogens with zero attached hydrogens (tertiary/aromatic N) is 1. The maximum absolute atomic E-state index is 9.54. The molecular formula is C14H29NO. The number of likely N-dealkylation sites (tertiary alicyclic amines) is 1. The Labute approximate surface area is 101 Å². The van der Waals surface area contributed by atoms with Crippen molar-refractivity contribution in [2.24, 2.45) is 16.7 Å². The molecule has 96 valence electrons. The third-order valence-corrected chi connectivity index (χ3v) is 4.58. The largest absolute Gasteiger partial charge is 0.396 e. The first-order chi connectivity index (χ1) is 7.37. The molecule has 2 nitrogen and oxygen atoms in total. The van der Waals surface area contributed by atoms with Crippen molar-refractivity contribution in [1.82, 2.24) is 4.90 Å². The Morgan fingerprint density at radius 3 is 1.94 bits per heavy atom. The van der Waals surface area contributed by atoms with Crippen LogP contribution in [0.15, 0.2) is 0 Å². The number of rotatable bonds is 5. The van der Waals surface area contributed by atoms with Crippen LogP contribution in [0.5, 0.6) is 0 Å². The monoisotopic (exact) mass is 227 g/mol. The van der Waals surface area contributed by atoms with E-state index in [1.54, 1.807) is 0 Å². The maximum Gasteiger partial charge on any atom is 0.0499 e. The molecule has 0 amide bonds. The van der Waals surface area contributed by atoms with Crippen LogP contribution >= 0.6 is 0 Å². The standard InChI is InChI=1S/C14H29NO/c1-6-14(7-2,11-16)10-15-8-12(9-15)13(3,4)5/h12,16H,6-11H2,1-5H3. The SMILES string of the molecule is CCC(CC)(CO)CN1CC(C(C)(C)C)C1. The second-order valence-electron chi connectivity index (χ2n) is 6.62. The van der Waals surface area contributed by atoms with E-state index < -0.39 is 0 Å². The highest BCUT2D eigenvalue weighted by Crippen LogP contribution is 2.36. The summed E-state index contributed by atoms with van der Waals surface area (Å²) in [6.07, 6.45) is 2.16. The summed E-state index contributed by atoms with van der Waals surface area (Å²) < 4.78 is 0. The third-order valence-electron chi connectivity index (χ3n) is 4.58. The van der Waals surface area contributed by atoms with E-state index in [-0.39, 0.29) is 5.41 Å². The van der Waals surface area contributed by atoms with E-state index in [0.717, 1.165) is 25.3 Å². The van der Waals surface area contributed by atoms with Crippen LogP contribution in [0.4, 0.5) is 0 Å².